The number of rotatable bonds is 5. The van der Waals surface area contributed by atoms with Crippen molar-refractivity contribution < 1.29 is 17.5 Å². The molecule has 0 spiro atoms. The van der Waals surface area contributed by atoms with E-state index in [1.807, 2.05) is 0 Å². The minimum atomic E-state index is -4.09. The monoisotopic (exact) mass is 305 g/mol. The van der Waals surface area contributed by atoms with Crippen LogP contribution in [0.25, 0.3) is 0 Å². The Hall–Kier alpha value is -1.32. The van der Waals surface area contributed by atoms with Gasteiger partial charge in [0.2, 0.25) is 0 Å². The Balaban J connectivity index is 2.89. The van der Waals surface area contributed by atoms with Crippen LogP contribution in [0.1, 0.15) is 20.3 Å². The maximum Gasteiger partial charge on any atom is 0.265 e. The molecule has 4 nitrogen and oxygen atoms in total. The SMILES string of the molecule is CC(C)(C#N)CCOc1ccc(F)cc1S(=O)(=O)Cl. The Kier molecular flexibility index (Phi) is 4.77. The molecule has 0 aliphatic carbocycles. The second-order valence-electron chi connectivity index (χ2n) is 4.62. The minimum absolute atomic E-state index is 0.0230. The Morgan fingerprint density at radius 2 is 2.11 bits per heavy atom. The predicted molar refractivity (Wildman–Crippen MR) is 68.9 cm³/mol. The lowest BCUT2D eigenvalue weighted by Crippen LogP contribution is -2.13. The van der Waals surface area contributed by atoms with Gasteiger partial charge in [-0.2, -0.15) is 5.26 Å². The number of hydrogen-bond acceptors (Lipinski definition) is 4. The van der Waals surface area contributed by atoms with Gasteiger partial charge >= 0.3 is 0 Å². The average molecular weight is 306 g/mol. The highest BCUT2D eigenvalue weighted by Crippen LogP contribution is 2.28. The lowest BCUT2D eigenvalue weighted by atomic mass is 9.92. The molecule has 0 unspecified atom stereocenters. The molecule has 0 aromatic heterocycles. The minimum Gasteiger partial charge on any atom is -0.492 e. The van der Waals surface area contributed by atoms with Gasteiger partial charge in [-0.3, -0.25) is 0 Å². The summed E-state index contributed by atoms with van der Waals surface area (Å²) >= 11 is 0. The van der Waals surface area contributed by atoms with Gasteiger partial charge in [0, 0.05) is 10.7 Å². The van der Waals surface area contributed by atoms with E-state index in [1.54, 1.807) is 13.8 Å². The molecule has 0 saturated heterocycles. The third-order valence-corrected chi connectivity index (χ3v) is 3.80. The van der Waals surface area contributed by atoms with Crippen molar-refractivity contribution in [2.45, 2.75) is 25.2 Å². The molecule has 1 rings (SSSR count). The van der Waals surface area contributed by atoms with E-state index in [9.17, 15) is 12.8 Å². The summed E-state index contributed by atoms with van der Waals surface area (Å²) in [6.07, 6.45) is 0.405. The smallest absolute Gasteiger partial charge is 0.265 e. The van der Waals surface area contributed by atoms with Crippen LogP contribution in [-0.4, -0.2) is 15.0 Å². The maximum absolute atomic E-state index is 13.0. The van der Waals surface area contributed by atoms with Crippen LogP contribution in [0.2, 0.25) is 0 Å². The van der Waals surface area contributed by atoms with Crippen LogP contribution in [-0.2, 0) is 9.05 Å². The van der Waals surface area contributed by atoms with Crippen molar-refractivity contribution in [3.05, 3.63) is 24.0 Å². The van der Waals surface area contributed by atoms with E-state index in [1.165, 1.54) is 6.07 Å². The first-order valence-corrected chi connectivity index (χ1v) is 7.75. The number of halogens is 2. The summed E-state index contributed by atoms with van der Waals surface area (Å²) in [5, 5.41) is 8.84. The number of nitriles is 1. The zero-order chi connectivity index (χ0) is 14.7. The standard InChI is InChI=1S/C12H13ClFNO3S/c1-12(2,8-15)5-6-18-10-4-3-9(14)7-11(10)19(13,16)17/h3-4,7H,5-6H2,1-2H3. The van der Waals surface area contributed by atoms with Crippen molar-refractivity contribution in [1.29, 1.82) is 5.26 Å². The van der Waals surface area contributed by atoms with Crippen molar-refractivity contribution in [1.82, 2.24) is 0 Å². The van der Waals surface area contributed by atoms with E-state index >= 15 is 0 Å². The summed E-state index contributed by atoms with van der Waals surface area (Å²) in [5.41, 5.74) is -0.583. The van der Waals surface area contributed by atoms with E-state index in [-0.39, 0.29) is 12.4 Å². The van der Waals surface area contributed by atoms with Crippen LogP contribution >= 0.6 is 10.7 Å². The molecule has 0 radical (unpaired) electrons. The first-order valence-electron chi connectivity index (χ1n) is 5.44. The van der Waals surface area contributed by atoms with Gasteiger partial charge in [0.05, 0.1) is 18.1 Å². The lowest BCUT2D eigenvalue weighted by Gasteiger charge is -2.16. The molecule has 0 saturated carbocycles. The van der Waals surface area contributed by atoms with Gasteiger partial charge < -0.3 is 4.74 Å². The molecule has 7 heteroatoms. The van der Waals surface area contributed by atoms with E-state index in [4.69, 9.17) is 20.7 Å². The molecule has 0 aliphatic heterocycles. The number of benzene rings is 1. The first-order chi connectivity index (χ1) is 8.65. The van der Waals surface area contributed by atoms with E-state index in [0.717, 1.165) is 12.1 Å². The van der Waals surface area contributed by atoms with Gasteiger partial charge in [-0.05, 0) is 38.5 Å². The van der Waals surface area contributed by atoms with Crippen LogP contribution in [0.4, 0.5) is 4.39 Å². The zero-order valence-electron chi connectivity index (χ0n) is 10.5. The maximum atomic E-state index is 13.0. The molecule has 0 fully saturated rings. The topological polar surface area (TPSA) is 67.2 Å². The molecule has 0 heterocycles. The quantitative estimate of drug-likeness (QED) is 0.784. The molecule has 104 valence electrons. The molecule has 0 bridgehead atoms. The van der Waals surface area contributed by atoms with Crippen LogP contribution in [0.3, 0.4) is 0 Å². The Morgan fingerprint density at radius 1 is 1.47 bits per heavy atom. The van der Waals surface area contributed by atoms with Crippen molar-refractivity contribution in [2.75, 3.05) is 6.61 Å². The van der Waals surface area contributed by atoms with E-state index in [0.29, 0.717) is 6.42 Å². The molecular weight excluding hydrogens is 293 g/mol. The van der Waals surface area contributed by atoms with Gasteiger partial charge in [0.15, 0.2) is 0 Å². The molecule has 1 aromatic carbocycles. The molecular formula is C12H13ClFNO3S. The normalized spacial score (nSPS) is 11.9. The fraction of sp³-hybridized carbons (Fsp3) is 0.417. The first kappa shape index (κ1) is 15.7. The highest BCUT2D eigenvalue weighted by atomic mass is 35.7. The van der Waals surface area contributed by atoms with Gasteiger partial charge in [0.25, 0.3) is 9.05 Å². The molecule has 0 amide bonds. The summed E-state index contributed by atoms with van der Waals surface area (Å²) in [6, 6.07) is 5.17. The fourth-order valence-corrected chi connectivity index (χ4v) is 2.25. The van der Waals surface area contributed by atoms with Crippen LogP contribution < -0.4 is 4.74 Å². The second-order valence-corrected chi connectivity index (χ2v) is 7.16. The van der Waals surface area contributed by atoms with E-state index < -0.39 is 25.2 Å². The van der Waals surface area contributed by atoms with Crippen LogP contribution in [0.5, 0.6) is 5.75 Å². The van der Waals surface area contributed by atoms with Gasteiger partial charge in [-0.1, -0.05) is 0 Å². The zero-order valence-corrected chi connectivity index (χ0v) is 12.1. The van der Waals surface area contributed by atoms with Crippen molar-refractivity contribution in [3.63, 3.8) is 0 Å². The summed E-state index contributed by atoms with van der Waals surface area (Å²) in [6.45, 7) is 3.60. The summed E-state index contributed by atoms with van der Waals surface area (Å²) in [5.74, 6) is -0.742. The second kappa shape index (κ2) is 5.76. The number of hydrogen-bond donors (Lipinski definition) is 0. The highest BCUT2D eigenvalue weighted by Gasteiger charge is 2.20. The fourth-order valence-electron chi connectivity index (χ4n) is 1.26. The van der Waals surface area contributed by atoms with Crippen molar-refractivity contribution in [3.8, 4) is 11.8 Å². The van der Waals surface area contributed by atoms with Gasteiger partial charge in [-0.15, -0.1) is 0 Å². The molecule has 0 atom stereocenters. The van der Waals surface area contributed by atoms with Gasteiger partial charge in [-0.25, -0.2) is 12.8 Å². The Bertz CT molecular complexity index is 608. The van der Waals surface area contributed by atoms with Gasteiger partial charge in [0.1, 0.15) is 16.5 Å². The van der Waals surface area contributed by atoms with Crippen molar-refractivity contribution >= 4 is 19.7 Å². The van der Waals surface area contributed by atoms with E-state index in [2.05, 4.69) is 6.07 Å². The number of ether oxygens (including phenoxy) is 1. The predicted octanol–water partition coefficient (Wildman–Crippen LogP) is 3.07. The summed E-state index contributed by atoms with van der Waals surface area (Å²) in [7, 11) is 1.12. The van der Waals surface area contributed by atoms with Crippen LogP contribution in [0, 0.1) is 22.6 Å². The highest BCUT2D eigenvalue weighted by molar-refractivity contribution is 8.13. The average Bonchev–Trinajstić information content (AvgIpc) is 2.29. The lowest BCUT2D eigenvalue weighted by molar-refractivity contribution is 0.258. The van der Waals surface area contributed by atoms with Crippen LogP contribution in [0.15, 0.2) is 23.1 Å². The third-order valence-electron chi connectivity index (χ3n) is 2.46. The number of nitrogens with zero attached hydrogens (tertiary/aromatic N) is 1. The third kappa shape index (κ3) is 4.69. The molecule has 0 N–H and O–H groups in total. The summed E-state index contributed by atoms with van der Waals surface area (Å²) in [4.78, 5) is -0.413. The Morgan fingerprint density at radius 3 is 2.63 bits per heavy atom. The molecule has 0 aliphatic rings. The summed E-state index contributed by atoms with van der Waals surface area (Å²) < 4.78 is 40.9. The molecule has 1 aromatic rings. The van der Waals surface area contributed by atoms with Crippen molar-refractivity contribution in [2.24, 2.45) is 5.41 Å². The Labute approximate surface area is 116 Å². The molecule has 19 heavy (non-hydrogen) atoms. The largest absolute Gasteiger partial charge is 0.492 e.